The fraction of sp³-hybridized carbons (Fsp3) is 0.333. The molecule has 2 aromatic rings. The van der Waals surface area contributed by atoms with Gasteiger partial charge in [0.2, 0.25) is 0 Å². The first-order valence-electron chi connectivity index (χ1n) is 6.50. The lowest BCUT2D eigenvalue weighted by molar-refractivity contribution is 0.0696. The van der Waals surface area contributed by atoms with Crippen molar-refractivity contribution in [1.82, 2.24) is 4.98 Å². The number of aromatic carboxylic acids is 1. The van der Waals surface area contributed by atoms with E-state index in [0.29, 0.717) is 23.5 Å². The largest absolute Gasteiger partial charge is 0.487 e. The van der Waals surface area contributed by atoms with Gasteiger partial charge < -0.3 is 9.84 Å². The van der Waals surface area contributed by atoms with Gasteiger partial charge in [0.25, 0.3) is 0 Å². The molecule has 0 radical (unpaired) electrons. The van der Waals surface area contributed by atoms with Gasteiger partial charge in [-0.05, 0) is 43.5 Å². The second kappa shape index (κ2) is 6.52. The van der Waals surface area contributed by atoms with Gasteiger partial charge in [0.15, 0.2) is 0 Å². The predicted octanol–water partition coefficient (Wildman–Crippen LogP) is 3.68. The molecule has 4 nitrogen and oxygen atoms in total. The lowest BCUT2D eigenvalue weighted by Gasteiger charge is -2.07. The maximum Gasteiger partial charge on any atom is 0.335 e. The Kier molecular flexibility index (Phi) is 4.74. The summed E-state index contributed by atoms with van der Waals surface area (Å²) in [6, 6.07) is 4.98. The molecule has 0 amide bonds. The topological polar surface area (TPSA) is 59.4 Å². The molecule has 5 heteroatoms. The van der Waals surface area contributed by atoms with E-state index in [1.165, 1.54) is 0 Å². The summed E-state index contributed by atoms with van der Waals surface area (Å²) in [6.45, 7) is 4.30. The molecule has 20 heavy (non-hydrogen) atoms. The summed E-state index contributed by atoms with van der Waals surface area (Å²) in [6.07, 6.45) is 2.08. The molecule has 0 aliphatic carbocycles. The number of rotatable bonds is 6. The number of hydrogen-bond donors (Lipinski definition) is 1. The number of carbonyl (C=O) groups is 1. The van der Waals surface area contributed by atoms with Crippen LogP contribution < -0.4 is 4.74 Å². The Bertz CT molecular complexity index is 607. The van der Waals surface area contributed by atoms with Crippen LogP contribution in [0, 0.1) is 6.92 Å². The van der Waals surface area contributed by atoms with E-state index in [-0.39, 0.29) is 0 Å². The molecule has 0 saturated heterocycles. The Morgan fingerprint density at radius 2 is 2.25 bits per heavy atom. The molecule has 0 unspecified atom stereocenters. The van der Waals surface area contributed by atoms with E-state index in [2.05, 4.69) is 11.9 Å². The lowest BCUT2D eigenvalue weighted by atomic mass is 10.1. The van der Waals surface area contributed by atoms with Gasteiger partial charge in [0.1, 0.15) is 12.4 Å². The van der Waals surface area contributed by atoms with Crippen LogP contribution in [0.15, 0.2) is 23.6 Å². The van der Waals surface area contributed by atoms with Crippen molar-refractivity contribution in [2.24, 2.45) is 0 Å². The zero-order valence-electron chi connectivity index (χ0n) is 11.5. The van der Waals surface area contributed by atoms with E-state index in [1.54, 1.807) is 36.5 Å². The van der Waals surface area contributed by atoms with Gasteiger partial charge in [-0.2, -0.15) is 0 Å². The highest BCUT2D eigenvalue weighted by atomic mass is 32.1. The normalized spacial score (nSPS) is 10.5. The van der Waals surface area contributed by atoms with Crippen molar-refractivity contribution >= 4 is 17.3 Å². The van der Waals surface area contributed by atoms with Gasteiger partial charge in [-0.3, -0.25) is 0 Å². The number of aryl methyl sites for hydroxylation is 2. The SMILES string of the molecule is CCCc1nc(COc2ccc(C(=O)O)c(C)c2)cs1. The number of benzene rings is 1. The first-order valence-corrected chi connectivity index (χ1v) is 7.38. The summed E-state index contributed by atoms with van der Waals surface area (Å²) in [7, 11) is 0. The van der Waals surface area contributed by atoms with Gasteiger partial charge in [-0.25, -0.2) is 9.78 Å². The summed E-state index contributed by atoms with van der Waals surface area (Å²) >= 11 is 1.65. The van der Waals surface area contributed by atoms with Crippen molar-refractivity contribution in [3.8, 4) is 5.75 Å². The van der Waals surface area contributed by atoms with Crippen LogP contribution in [0.25, 0.3) is 0 Å². The number of nitrogens with zero attached hydrogens (tertiary/aromatic N) is 1. The summed E-state index contributed by atoms with van der Waals surface area (Å²) < 4.78 is 5.65. The monoisotopic (exact) mass is 291 g/mol. The number of carboxylic acid groups (broad SMARTS) is 1. The molecule has 0 saturated carbocycles. The van der Waals surface area contributed by atoms with Crippen molar-refractivity contribution in [3.05, 3.63) is 45.4 Å². The standard InChI is InChI=1S/C15H17NO3S/c1-3-4-14-16-11(9-20-14)8-19-12-5-6-13(15(17)18)10(2)7-12/h5-7,9H,3-4,8H2,1-2H3,(H,17,18). The highest BCUT2D eigenvalue weighted by Crippen LogP contribution is 2.19. The third kappa shape index (κ3) is 3.57. The molecule has 1 heterocycles. The van der Waals surface area contributed by atoms with E-state index in [1.807, 2.05) is 5.38 Å². The first kappa shape index (κ1) is 14.5. The Morgan fingerprint density at radius 3 is 2.90 bits per heavy atom. The van der Waals surface area contributed by atoms with Crippen LogP contribution in [0.5, 0.6) is 5.75 Å². The van der Waals surface area contributed by atoms with Crippen molar-refractivity contribution in [2.45, 2.75) is 33.3 Å². The van der Waals surface area contributed by atoms with Crippen molar-refractivity contribution in [2.75, 3.05) is 0 Å². The number of hydrogen-bond acceptors (Lipinski definition) is 4. The molecule has 1 aromatic carbocycles. The van der Waals surface area contributed by atoms with Crippen LogP contribution >= 0.6 is 11.3 Å². The second-order valence-corrected chi connectivity index (χ2v) is 5.50. The van der Waals surface area contributed by atoms with E-state index in [9.17, 15) is 4.79 Å². The Labute approximate surface area is 122 Å². The van der Waals surface area contributed by atoms with Gasteiger partial charge in [-0.1, -0.05) is 6.92 Å². The smallest absolute Gasteiger partial charge is 0.335 e. The number of carboxylic acids is 1. The summed E-state index contributed by atoms with van der Waals surface area (Å²) in [5.74, 6) is -0.254. The predicted molar refractivity (Wildman–Crippen MR) is 78.6 cm³/mol. The minimum Gasteiger partial charge on any atom is -0.487 e. The van der Waals surface area contributed by atoms with E-state index < -0.39 is 5.97 Å². The average Bonchev–Trinajstić information content (AvgIpc) is 2.84. The Balaban J connectivity index is 1.99. The van der Waals surface area contributed by atoms with E-state index in [4.69, 9.17) is 9.84 Å². The van der Waals surface area contributed by atoms with Gasteiger partial charge in [-0.15, -0.1) is 11.3 Å². The maximum atomic E-state index is 10.9. The van der Waals surface area contributed by atoms with E-state index >= 15 is 0 Å². The zero-order chi connectivity index (χ0) is 14.5. The fourth-order valence-corrected chi connectivity index (χ4v) is 2.75. The Morgan fingerprint density at radius 1 is 1.45 bits per heavy atom. The third-order valence-electron chi connectivity index (χ3n) is 2.88. The highest BCUT2D eigenvalue weighted by molar-refractivity contribution is 7.09. The van der Waals surface area contributed by atoms with E-state index in [0.717, 1.165) is 23.5 Å². The van der Waals surface area contributed by atoms with Gasteiger partial charge >= 0.3 is 5.97 Å². The molecular formula is C15H17NO3S. The first-order chi connectivity index (χ1) is 9.60. The molecule has 2 rings (SSSR count). The molecule has 0 spiro atoms. The zero-order valence-corrected chi connectivity index (χ0v) is 12.4. The molecule has 1 N–H and O–H groups in total. The van der Waals surface area contributed by atoms with Crippen molar-refractivity contribution in [1.29, 1.82) is 0 Å². The molecule has 0 bridgehead atoms. The van der Waals surface area contributed by atoms with Crippen LogP contribution in [0.4, 0.5) is 0 Å². The molecule has 0 atom stereocenters. The van der Waals surface area contributed by atoms with Crippen LogP contribution in [0.3, 0.4) is 0 Å². The highest BCUT2D eigenvalue weighted by Gasteiger charge is 2.08. The third-order valence-corrected chi connectivity index (χ3v) is 3.84. The fourth-order valence-electron chi connectivity index (χ4n) is 1.87. The summed E-state index contributed by atoms with van der Waals surface area (Å²) in [4.78, 5) is 15.4. The van der Waals surface area contributed by atoms with Crippen LogP contribution in [0.1, 0.15) is 40.0 Å². The van der Waals surface area contributed by atoms with Crippen LogP contribution in [-0.4, -0.2) is 16.1 Å². The number of aromatic nitrogens is 1. The molecule has 106 valence electrons. The number of thiazole rings is 1. The molecule has 0 aliphatic rings. The minimum atomic E-state index is -0.919. The van der Waals surface area contributed by atoms with Crippen LogP contribution in [-0.2, 0) is 13.0 Å². The quantitative estimate of drug-likeness (QED) is 0.882. The molecule has 1 aromatic heterocycles. The maximum absolute atomic E-state index is 10.9. The summed E-state index contributed by atoms with van der Waals surface area (Å²) in [5, 5.41) is 12.1. The summed E-state index contributed by atoms with van der Waals surface area (Å²) in [5.41, 5.74) is 1.91. The van der Waals surface area contributed by atoms with Crippen molar-refractivity contribution < 1.29 is 14.6 Å². The molecular weight excluding hydrogens is 274 g/mol. The van der Waals surface area contributed by atoms with Crippen molar-refractivity contribution in [3.63, 3.8) is 0 Å². The second-order valence-electron chi connectivity index (χ2n) is 4.55. The van der Waals surface area contributed by atoms with Gasteiger partial charge in [0.05, 0.1) is 16.3 Å². The average molecular weight is 291 g/mol. The van der Waals surface area contributed by atoms with Crippen LogP contribution in [0.2, 0.25) is 0 Å². The molecule has 0 fully saturated rings. The van der Waals surface area contributed by atoms with Gasteiger partial charge in [0, 0.05) is 5.38 Å². The molecule has 0 aliphatic heterocycles. The Hall–Kier alpha value is -1.88. The lowest BCUT2D eigenvalue weighted by Crippen LogP contribution is -2.01. The minimum absolute atomic E-state index is 0.302. The number of ether oxygens (including phenoxy) is 1.